The van der Waals surface area contributed by atoms with Crippen LogP contribution in [0.5, 0.6) is 0 Å². The molecule has 0 bridgehead atoms. The van der Waals surface area contributed by atoms with Crippen LogP contribution in [0.25, 0.3) is 0 Å². The highest BCUT2D eigenvalue weighted by Crippen LogP contribution is 2.30. The number of pyridine rings is 1. The van der Waals surface area contributed by atoms with E-state index < -0.39 is 0 Å². The highest BCUT2D eigenvalue weighted by molar-refractivity contribution is 8.76. The second kappa shape index (κ2) is 14.9. The van der Waals surface area contributed by atoms with Crippen molar-refractivity contribution in [2.24, 2.45) is 0 Å². The number of carbonyl (C=O) groups excluding carboxylic acids is 1. The Morgan fingerprint density at radius 2 is 2.03 bits per heavy atom. The minimum absolute atomic E-state index is 0.171. The lowest BCUT2D eigenvalue weighted by Gasteiger charge is -2.32. The maximum atomic E-state index is 10.4. The highest BCUT2D eigenvalue weighted by atomic mass is 33.1. The number of nitrogens with one attached hydrogen (secondary N) is 1. The third-order valence-electron chi connectivity index (χ3n) is 4.93. The van der Waals surface area contributed by atoms with Gasteiger partial charge in [0, 0.05) is 30.6 Å². The summed E-state index contributed by atoms with van der Waals surface area (Å²) in [5.41, 5.74) is 0.609. The molecule has 0 saturated heterocycles. The Bertz CT molecular complexity index is 614. The molecule has 0 saturated carbocycles. The summed E-state index contributed by atoms with van der Waals surface area (Å²) in [5.74, 6) is 0.994. The number of allylic oxidation sites excluding steroid dienone is 1. The molecule has 0 radical (unpaired) electrons. The fourth-order valence-electron chi connectivity index (χ4n) is 2.61. The summed E-state index contributed by atoms with van der Waals surface area (Å²) >= 11 is 0. The van der Waals surface area contributed by atoms with Gasteiger partial charge in [0.1, 0.15) is 11.3 Å². The Balaban J connectivity index is 2.19. The molecule has 1 aromatic heterocycles. The van der Waals surface area contributed by atoms with E-state index in [4.69, 9.17) is 9.47 Å². The van der Waals surface area contributed by atoms with Crippen molar-refractivity contribution in [1.82, 2.24) is 10.3 Å². The fourth-order valence-corrected chi connectivity index (χ4v) is 4.53. The highest BCUT2D eigenvalue weighted by Gasteiger charge is 2.25. The first kappa shape index (κ1) is 27.0. The van der Waals surface area contributed by atoms with Gasteiger partial charge in [0.2, 0.25) is 0 Å². The average Bonchev–Trinajstić information content (AvgIpc) is 2.72. The number of ether oxygens (including phenoxy) is 2. The van der Waals surface area contributed by atoms with Gasteiger partial charge in [0.25, 0.3) is 0 Å². The van der Waals surface area contributed by atoms with Crippen LogP contribution in [0.3, 0.4) is 0 Å². The van der Waals surface area contributed by atoms with Gasteiger partial charge >= 0.3 is 0 Å². The van der Waals surface area contributed by atoms with E-state index in [-0.39, 0.29) is 11.2 Å². The van der Waals surface area contributed by atoms with Crippen molar-refractivity contribution in [3.63, 3.8) is 0 Å². The van der Waals surface area contributed by atoms with Crippen LogP contribution < -0.4 is 5.32 Å². The van der Waals surface area contributed by atoms with Crippen molar-refractivity contribution >= 4 is 27.9 Å². The molecule has 5 nitrogen and oxygen atoms in total. The van der Waals surface area contributed by atoms with Crippen molar-refractivity contribution in [1.29, 1.82) is 0 Å². The Morgan fingerprint density at radius 1 is 1.23 bits per heavy atom. The van der Waals surface area contributed by atoms with Crippen LogP contribution in [0.2, 0.25) is 0 Å². The van der Waals surface area contributed by atoms with E-state index in [9.17, 15) is 4.79 Å². The van der Waals surface area contributed by atoms with E-state index in [0.29, 0.717) is 19.6 Å². The molecule has 0 aliphatic rings. The van der Waals surface area contributed by atoms with Gasteiger partial charge in [-0.05, 0) is 69.4 Å². The Morgan fingerprint density at radius 3 is 2.70 bits per heavy atom. The summed E-state index contributed by atoms with van der Waals surface area (Å²) in [7, 11) is 3.50. The van der Waals surface area contributed by atoms with E-state index in [1.165, 1.54) is 0 Å². The zero-order valence-electron chi connectivity index (χ0n) is 18.9. The molecule has 1 N–H and O–H groups in total. The van der Waals surface area contributed by atoms with E-state index in [2.05, 4.69) is 30.7 Å². The molecule has 0 amide bonds. The molecule has 1 aromatic rings. The predicted molar refractivity (Wildman–Crippen MR) is 129 cm³/mol. The van der Waals surface area contributed by atoms with Crippen LogP contribution in [0.15, 0.2) is 41.7 Å². The molecule has 0 aromatic carbocycles. The summed E-state index contributed by atoms with van der Waals surface area (Å²) < 4.78 is 12.0. The Labute approximate surface area is 190 Å². The van der Waals surface area contributed by atoms with Gasteiger partial charge in [-0.25, -0.2) is 4.98 Å². The average molecular weight is 455 g/mol. The summed E-state index contributed by atoms with van der Waals surface area (Å²) in [4.78, 5) is 14.7. The van der Waals surface area contributed by atoms with E-state index in [1.807, 2.05) is 38.2 Å². The fraction of sp³-hybridized carbons (Fsp3) is 0.652. The number of aldehydes is 1. The maximum absolute atomic E-state index is 10.4. The molecule has 1 rings (SSSR count). The van der Waals surface area contributed by atoms with Gasteiger partial charge in [-0.2, -0.15) is 0 Å². The van der Waals surface area contributed by atoms with Gasteiger partial charge in [-0.3, -0.25) is 0 Å². The standard InChI is InChI=1S/C23H38N2O3S2/c1-6-23(5,28-18-13-22(3,4)27-17-9-16-26)12-15-24-20(2)11-19-29-30-21-10-7-8-14-25-21/h7-8,10,14,16,24H,2,6,9,11-13,15,17-19H2,1,3-5H3. The van der Waals surface area contributed by atoms with Crippen molar-refractivity contribution in [3.05, 3.63) is 36.7 Å². The molecule has 1 atom stereocenters. The largest absolute Gasteiger partial charge is 0.389 e. The van der Waals surface area contributed by atoms with Crippen LogP contribution in [-0.2, 0) is 14.3 Å². The summed E-state index contributed by atoms with van der Waals surface area (Å²) in [6.45, 7) is 14.5. The van der Waals surface area contributed by atoms with Crippen molar-refractivity contribution in [2.75, 3.05) is 25.5 Å². The van der Waals surface area contributed by atoms with Gasteiger partial charge < -0.3 is 19.6 Å². The number of nitrogens with zero attached hydrogens (tertiary/aromatic N) is 1. The zero-order valence-corrected chi connectivity index (χ0v) is 20.6. The second-order valence-electron chi connectivity index (χ2n) is 8.07. The molecule has 0 aliphatic carbocycles. The number of hydrogen-bond acceptors (Lipinski definition) is 7. The van der Waals surface area contributed by atoms with Gasteiger partial charge in [-0.15, -0.1) is 0 Å². The monoisotopic (exact) mass is 454 g/mol. The van der Waals surface area contributed by atoms with Crippen LogP contribution in [0, 0.1) is 0 Å². The van der Waals surface area contributed by atoms with Gasteiger partial charge in [0.05, 0.1) is 24.4 Å². The quantitative estimate of drug-likeness (QED) is 0.174. The lowest BCUT2D eigenvalue weighted by Crippen LogP contribution is -2.35. The predicted octanol–water partition coefficient (Wildman–Crippen LogP) is 5.67. The molecule has 7 heteroatoms. The van der Waals surface area contributed by atoms with Crippen LogP contribution in [-0.4, -0.2) is 48.0 Å². The third-order valence-corrected chi connectivity index (χ3v) is 7.20. The molecule has 0 aliphatic heterocycles. The molecule has 170 valence electrons. The molecular formula is C23H38N2O3S2. The van der Waals surface area contributed by atoms with Crippen molar-refractivity contribution in [3.8, 4) is 0 Å². The summed E-state index contributed by atoms with van der Waals surface area (Å²) in [6, 6.07) is 5.96. The first-order valence-electron chi connectivity index (χ1n) is 10.6. The molecule has 30 heavy (non-hydrogen) atoms. The first-order valence-corrected chi connectivity index (χ1v) is 13.0. The topological polar surface area (TPSA) is 60.5 Å². The Kier molecular flexibility index (Phi) is 13.4. The SMILES string of the molecule is C=C(CCSSc1ccccn1)NCCC(C)(CC)OCCC(C)(C)OCCC=O. The van der Waals surface area contributed by atoms with E-state index in [0.717, 1.165) is 55.0 Å². The number of rotatable bonds is 18. The normalized spacial score (nSPS) is 13.6. The first-order chi connectivity index (χ1) is 14.3. The number of carbonyl (C=O) groups is 1. The molecule has 0 spiro atoms. The van der Waals surface area contributed by atoms with Gasteiger partial charge in [-0.1, -0.05) is 30.4 Å². The second-order valence-corrected chi connectivity index (χ2v) is 10.5. The summed E-state index contributed by atoms with van der Waals surface area (Å²) in [5, 5.41) is 4.48. The van der Waals surface area contributed by atoms with Crippen LogP contribution in [0.4, 0.5) is 0 Å². The third kappa shape index (κ3) is 12.6. The van der Waals surface area contributed by atoms with Crippen LogP contribution in [0.1, 0.15) is 59.8 Å². The zero-order chi connectivity index (χ0) is 22.3. The maximum Gasteiger partial charge on any atom is 0.122 e. The number of hydrogen-bond donors (Lipinski definition) is 1. The molecule has 1 unspecified atom stereocenters. The molecular weight excluding hydrogens is 416 g/mol. The number of aromatic nitrogens is 1. The van der Waals surface area contributed by atoms with E-state index >= 15 is 0 Å². The van der Waals surface area contributed by atoms with Crippen LogP contribution >= 0.6 is 21.6 Å². The van der Waals surface area contributed by atoms with E-state index in [1.54, 1.807) is 21.6 Å². The van der Waals surface area contributed by atoms with Crippen molar-refractivity contribution < 1.29 is 14.3 Å². The Hall–Kier alpha value is -1.02. The lowest BCUT2D eigenvalue weighted by molar-refractivity contribution is -0.111. The lowest BCUT2D eigenvalue weighted by atomic mass is 9.98. The molecule has 0 fully saturated rings. The minimum atomic E-state index is -0.283. The summed E-state index contributed by atoms with van der Waals surface area (Å²) in [6.07, 6.45) is 6.74. The smallest absolute Gasteiger partial charge is 0.122 e. The van der Waals surface area contributed by atoms with Gasteiger partial charge in [0.15, 0.2) is 0 Å². The van der Waals surface area contributed by atoms with Crippen molar-refractivity contribution in [2.45, 2.75) is 76.0 Å². The minimum Gasteiger partial charge on any atom is -0.389 e. The molecule has 1 heterocycles.